The zero-order valence-electron chi connectivity index (χ0n) is 11.1. The quantitative estimate of drug-likeness (QED) is 0.334. The first-order valence-electron chi connectivity index (χ1n) is 5.39. The molecule has 0 saturated heterocycles. The Morgan fingerprint density at radius 1 is 0.880 bits per heavy atom. The molecule has 4 nitrogen and oxygen atoms in total. The molecule has 0 saturated carbocycles. The third kappa shape index (κ3) is 5.34. The van der Waals surface area contributed by atoms with Crippen molar-refractivity contribution < 1.29 is 50.4 Å². The molecule has 0 aliphatic rings. The van der Waals surface area contributed by atoms with Crippen LogP contribution in [0.25, 0.3) is 0 Å². The maximum atomic E-state index is 12.7. The Hall–Kier alpha value is -1.28. The van der Waals surface area contributed by atoms with Gasteiger partial charge >= 0.3 is 141 Å². The number of benzene rings is 1. The molecular formula is C10H3F9INO3S. The number of halogens is 10. The van der Waals surface area contributed by atoms with Gasteiger partial charge in [-0.25, -0.2) is 0 Å². The summed E-state index contributed by atoms with van der Waals surface area (Å²) < 4.78 is 138. The van der Waals surface area contributed by atoms with Gasteiger partial charge in [0.2, 0.25) is 0 Å². The monoisotopic (exact) mass is 515 g/mol. The number of nitriles is 1. The Morgan fingerprint density at radius 3 is 1.56 bits per heavy atom. The zero-order valence-corrected chi connectivity index (χ0v) is 14.1. The predicted octanol–water partition coefficient (Wildman–Crippen LogP) is 4.66. The van der Waals surface area contributed by atoms with E-state index in [1.165, 1.54) is 0 Å². The standard InChI is InChI=1S/C10H3F9INO3S/c11-8(12,13)5-1-6(9(14,15)16)3-7(2-5)20(4-21)24-25(22,23)10(17,18)19/h1-3H. The van der Waals surface area contributed by atoms with Gasteiger partial charge in [-0.05, 0) is 0 Å². The van der Waals surface area contributed by atoms with Crippen LogP contribution in [0.1, 0.15) is 11.1 Å². The van der Waals surface area contributed by atoms with Crippen LogP contribution >= 0.6 is 20.2 Å². The van der Waals surface area contributed by atoms with Crippen molar-refractivity contribution in [3.8, 4) is 4.08 Å². The van der Waals surface area contributed by atoms with Crippen molar-refractivity contribution in [2.45, 2.75) is 17.9 Å². The molecule has 0 spiro atoms. The summed E-state index contributed by atoms with van der Waals surface area (Å²) in [6.07, 6.45) is -10.6. The molecule has 142 valence electrons. The molecule has 0 heterocycles. The van der Waals surface area contributed by atoms with Crippen molar-refractivity contribution in [1.29, 1.82) is 5.26 Å². The summed E-state index contributed by atoms with van der Waals surface area (Å²) in [5.74, 6) is 0. The van der Waals surface area contributed by atoms with E-state index in [1.54, 1.807) is 0 Å². The zero-order chi connectivity index (χ0) is 19.8. The van der Waals surface area contributed by atoms with Gasteiger partial charge in [-0.1, -0.05) is 0 Å². The Bertz CT molecular complexity index is 760. The normalized spacial score (nSPS) is 14.2. The number of rotatable bonds is 3. The van der Waals surface area contributed by atoms with Crippen molar-refractivity contribution in [1.82, 2.24) is 0 Å². The van der Waals surface area contributed by atoms with Crippen LogP contribution in [-0.4, -0.2) is 13.9 Å². The van der Waals surface area contributed by atoms with E-state index < -0.39 is 62.9 Å². The fourth-order valence-electron chi connectivity index (χ4n) is 1.23. The van der Waals surface area contributed by atoms with Gasteiger partial charge < -0.3 is 0 Å². The average molecular weight is 515 g/mol. The first-order valence-corrected chi connectivity index (χ1v) is 9.84. The molecule has 0 fully saturated rings. The second-order valence-corrected chi connectivity index (χ2v) is 9.74. The van der Waals surface area contributed by atoms with Crippen LogP contribution in [0.3, 0.4) is 0 Å². The molecule has 0 unspecified atom stereocenters. The summed E-state index contributed by atoms with van der Waals surface area (Å²) in [7, 11) is -6.37. The van der Waals surface area contributed by atoms with Gasteiger partial charge in [0.1, 0.15) is 0 Å². The van der Waals surface area contributed by atoms with Crippen molar-refractivity contribution in [2.75, 3.05) is 0 Å². The summed E-state index contributed by atoms with van der Waals surface area (Å²) >= 11 is -4.71. The molecule has 1 rings (SSSR count). The van der Waals surface area contributed by atoms with Crippen LogP contribution in [0.4, 0.5) is 39.5 Å². The number of alkyl halides is 9. The van der Waals surface area contributed by atoms with Crippen LogP contribution in [0.15, 0.2) is 18.2 Å². The fourth-order valence-corrected chi connectivity index (χ4v) is 5.98. The van der Waals surface area contributed by atoms with Gasteiger partial charge in [-0.2, -0.15) is 0 Å². The van der Waals surface area contributed by atoms with E-state index in [2.05, 4.69) is 2.51 Å². The van der Waals surface area contributed by atoms with E-state index in [-0.39, 0.29) is 18.2 Å². The number of hydrogen-bond donors (Lipinski definition) is 0. The average Bonchev–Trinajstić information content (AvgIpc) is 2.41. The van der Waals surface area contributed by atoms with E-state index in [4.69, 9.17) is 5.26 Å². The predicted molar refractivity (Wildman–Crippen MR) is 70.8 cm³/mol. The van der Waals surface area contributed by atoms with Crippen molar-refractivity contribution >= 4 is 30.4 Å². The molecule has 0 atom stereocenters. The van der Waals surface area contributed by atoms with E-state index >= 15 is 0 Å². The molecule has 25 heavy (non-hydrogen) atoms. The van der Waals surface area contributed by atoms with Crippen LogP contribution in [0.2, 0.25) is 0 Å². The molecule has 0 bridgehead atoms. The molecule has 1 aromatic rings. The van der Waals surface area contributed by atoms with Crippen LogP contribution in [-0.2, 0) is 25.0 Å². The van der Waals surface area contributed by atoms with Crippen LogP contribution in [0, 0.1) is 12.9 Å². The van der Waals surface area contributed by atoms with Crippen LogP contribution in [0.5, 0.6) is 0 Å². The Morgan fingerprint density at radius 2 is 1.28 bits per heavy atom. The van der Waals surface area contributed by atoms with Gasteiger partial charge in [0, 0.05) is 0 Å². The van der Waals surface area contributed by atoms with Gasteiger partial charge in [-0.15, -0.1) is 0 Å². The molecular weight excluding hydrogens is 512 g/mol. The van der Waals surface area contributed by atoms with Gasteiger partial charge in [0.05, 0.1) is 0 Å². The Kier molecular flexibility index (Phi) is 5.91. The van der Waals surface area contributed by atoms with E-state index in [0.717, 1.165) is 4.08 Å². The third-order valence-electron chi connectivity index (χ3n) is 2.26. The van der Waals surface area contributed by atoms with E-state index in [1.807, 2.05) is 0 Å². The molecule has 0 radical (unpaired) electrons. The molecule has 1 aromatic carbocycles. The second kappa shape index (κ2) is 6.79. The van der Waals surface area contributed by atoms with Crippen molar-refractivity contribution in [2.24, 2.45) is 0 Å². The first kappa shape index (κ1) is 21.8. The second-order valence-electron chi connectivity index (χ2n) is 4.02. The molecule has 0 N–H and O–H groups in total. The van der Waals surface area contributed by atoms with E-state index in [9.17, 15) is 47.9 Å². The summed E-state index contributed by atoms with van der Waals surface area (Å²) in [6.45, 7) is 0. The minimum atomic E-state index is -6.37. The summed E-state index contributed by atoms with van der Waals surface area (Å²) in [5, 5.41) is 8.70. The maximum absolute atomic E-state index is 12.7. The molecule has 0 amide bonds. The minimum absolute atomic E-state index is 0.0464. The number of nitrogens with zero attached hydrogens (tertiary/aromatic N) is 1. The molecule has 0 aliphatic heterocycles. The number of hydrogen-bond acceptors (Lipinski definition) is 4. The molecule has 15 heteroatoms. The fraction of sp³-hybridized carbons (Fsp3) is 0.300. The Labute approximate surface area is 141 Å². The molecule has 0 aliphatic carbocycles. The van der Waals surface area contributed by atoms with Gasteiger partial charge in [-0.3, -0.25) is 0 Å². The van der Waals surface area contributed by atoms with Crippen molar-refractivity contribution in [3.63, 3.8) is 0 Å². The van der Waals surface area contributed by atoms with Gasteiger partial charge in [0.15, 0.2) is 0 Å². The van der Waals surface area contributed by atoms with E-state index in [0.29, 0.717) is 0 Å². The topological polar surface area (TPSA) is 67.2 Å². The summed E-state index contributed by atoms with van der Waals surface area (Å²) in [4.78, 5) is 0. The first-order chi connectivity index (χ1) is 11.0. The summed E-state index contributed by atoms with van der Waals surface area (Å²) in [6, 6.07) is -0.419. The SMILES string of the molecule is N#CI(OS(=O)(=O)C(F)(F)F)c1cc(C(F)(F)F)cc(C(F)(F)F)c1. The third-order valence-corrected chi connectivity index (χ3v) is 7.81. The molecule has 0 aromatic heterocycles. The van der Waals surface area contributed by atoms with Crippen molar-refractivity contribution in [3.05, 3.63) is 32.9 Å². The Balaban J connectivity index is 3.51. The summed E-state index contributed by atoms with van der Waals surface area (Å²) in [5.41, 5.74) is -9.82. The van der Waals surface area contributed by atoms with Gasteiger partial charge in [0.25, 0.3) is 0 Å². The van der Waals surface area contributed by atoms with Crippen LogP contribution < -0.4 is 0 Å².